The van der Waals surface area contributed by atoms with Crippen LogP contribution in [0.25, 0.3) is 0 Å². The van der Waals surface area contributed by atoms with Gasteiger partial charge in [0.05, 0.1) is 6.61 Å². The molecule has 0 aromatic heterocycles. The van der Waals surface area contributed by atoms with E-state index < -0.39 is 6.10 Å². The predicted octanol–water partition coefficient (Wildman–Crippen LogP) is 3.71. The Kier molecular flexibility index (Phi) is 6.27. The van der Waals surface area contributed by atoms with E-state index in [1.54, 1.807) is 11.8 Å². The Balaban J connectivity index is 1.14. The van der Waals surface area contributed by atoms with Crippen LogP contribution in [0.1, 0.15) is 77.6 Å². The first-order valence-corrected chi connectivity index (χ1v) is 13.9. The van der Waals surface area contributed by atoms with Crippen molar-refractivity contribution < 1.29 is 19.2 Å². The van der Waals surface area contributed by atoms with Crippen LogP contribution in [0, 0.1) is 5.41 Å². The van der Waals surface area contributed by atoms with E-state index in [-0.39, 0.29) is 17.4 Å². The maximum Gasteiger partial charge on any atom is 0.410 e. The number of ether oxygens (including phenoxy) is 1. The summed E-state index contributed by atoms with van der Waals surface area (Å²) in [6, 6.07) is 1.22. The summed E-state index contributed by atoms with van der Waals surface area (Å²) in [7, 11) is 0. The Labute approximate surface area is 208 Å². The Hall–Kier alpha value is -2.09. The molecular weight excluding hydrogens is 444 g/mol. The molecule has 2 amide bonds. The molecule has 35 heavy (non-hydrogen) atoms. The van der Waals surface area contributed by atoms with E-state index in [2.05, 4.69) is 15.0 Å². The lowest BCUT2D eigenvalue weighted by Gasteiger charge is -2.53. The standard InChI is InChI=1S/C27H40N4O4/c1-2-34-26(33)31-20-7-8-21(31)16-22(15-20)29-13-10-27(11-14-29)18-30(25(32)24-9-12-28-35-24)17-19-5-3-4-6-23(19)27/h12,20-22,24H,2-11,13-18H2,1H3. The van der Waals surface area contributed by atoms with Gasteiger partial charge in [-0.05, 0) is 84.2 Å². The van der Waals surface area contributed by atoms with E-state index >= 15 is 0 Å². The zero-order valence-electron chi connectivity index (χ0n) is 21.1. The number of hydrogen-bond donors (Lipinski definition) is 0. The molecule has 0 N–H and O–H groups in total. The summed E-state index contributed by atoms with van der Waals surface area (Å²) in [5.41, 5.74) is 3.35. The van der Waals surface area contributed by atoms with Crippen molar-refractivity contribution in [1.29, 1.82) is 0 Å². The molecule has 0 saturated carbocycles. The second kappa shape index (κ2) is 9.41. The number of fused-ring (bicyclic) bond motifs is 3. The number of nitrogens with zero attached hydrogens (tertiary/aromatic N) is 4. The minimum Gasteiger partial charge on any atom is -0.450 e. The predicted molar refractivity (Wildman–Crippen MR) is 132 cm³/mol. The van der Waals surface area contributed by atoms with Gasteiger partial charge in [0, 0.05) is 49.3 Å². The van der Waals surface area contributed by atoms with Crippen molar-refractivity contribution >= 4 is 18.2 Å². The lowest BCUT2D eigenvalue weighted by Crippen LogP contribution is -2.58. The van der Waals surface area contributed by atoms with Crippen molar-refractivity contribution in [2.45, 2.75) is 102 Å². The van der Waals surface area contributed by atoms with Gasteiger partial charge in [0.1, 0.15) is 0 Å². The highest BCUT2D eigenvalue weighted by atomic mass is 16.6. The molecule has 6 rings (SSSR count). The number of carbonyl (C=O) groups is 2. The van der Waals surface area contributed by atoms with Crippen molar-refractivity contribution in [1.82, 2.24) is 14.7 Å². The largest absolute Gasteiger partial charge is 0.450 e. The summed E-state index contributed by atoms with van der Waals surface area (Å²) in [4.78, 5) is 38.0. The number of carbonyl (C=O) groups excluding carboxylic acids is 2. The highest BCUT2D eigenvalue weighted by Gasteiger charge is 2.49. The zero-order valence-corrected chi connectivity index (χ0v) is 21.1. The molecule has 0 aromatic rings. The second-order valence-electron chi connectivity index (χ2n) is 11.5. The van der Waals surface area contributed by atoms with Gasteiger partial charge in [-0.3, -0.25) is 4.79 Å². The number of amides is 2. The Bertz CT molecular complexity index is 887. The minimum atomic E-state index is -0.432. The highest BCUT2D eigenvalue weighted by Crippen LogP contribution is 2.50. The molecule has 2 bridgehead atoms. The van der Waals surface area contributed by atoms with Crippen LogP contribution in [0.3, 0.4) is 0 Å². The van der Waals surface area contributed by atoms with E-state index in [1.807, 2.05) is 11.8 Å². The lowest BCUT2D eigenvalue weighted by molar-refractivity contribution is -0.144. The first-order chi connectivity index (χ1) is 17.1. The maximum absolute atomic E-state index is 13.3. The van der Waals surface area contributed by atoms with Crippen molar-refractivity contribution in [2.24, 2.45) is 10.6 Å². The average molecular weight is 485 g/mol. The fourth-order valence-electron chi connectivity index (χ4n) is 8.05. The van der Waals surface area contributed by atoms with Crippen molar-refractivity contribution in [3.8, 4) is 0 Å². The monoisotopic (exact) mass is 484 g/mol. The fraction of sp³-hybridized carbons (Fsp3) is 0.815. The molecule has 1 spiro atoms. The molecule has 0 aromatic carbocycles. The molecular formula is C27H40N4O4. The molecule has 3 atom stereocenters. The number of oxime groups is 1. The van der Waals surface area contributed by atoms with Gasteiger partial charge in [0.15, 0.2) is 0 Å². The molecule has 0 radical (unpaired) electrons. The van der Waals surface area contributed by atoms with Crippen LogP contribution in [0.4, 0.5) is 4.79 Å². The van der Waals surface area contributed by atoms with Crippen LogP contribution in [0.15, 0.2) is 16.3 Å². The molecule has 3 fully saturated rings. The van der Waals surface area contributed by atoms with Crippen LogP contribution in [0.5, 0.6) is 0 Å². The van der Waals surface area contributed by atoms with Crippen molar-refractivity contribution in [3.63, 3.8) is 0 Å². The third kappa shape index (κ3) is 4.15. The Morgan fingerprint density at radius 3 is 2.54 bits per heavy atom. The van der Waals surface area contributed by atoms with Gasteiger partial charge in [-0.25, -0.2) is 4.79 Å². The van der Waals surface area contributed by atoms with E-state index in [0.29, 0.717) is 31.2 Å². The van der Waals surface area contributed by atoms with Crippen molar-refractivity contribution in [3.05, 3.63) is 11.1 Å². The van der Waals surface area contributed by atoms with Crippen LogP contribution in [-0.4, -0.2) is 89.9 Å². The van der Waals surface area contributed by atoms with E-state index in [0.717, 1.165) is 71.1 Å². The van der Waals surface area contributed by atoms with E-state index in [9.17, 15) is 9.59 Å². The van der Waals surface area contributed by atoms with Crippen molar-refractivity contribution in [2.75, 3.05) is 32.8 Å². The minimum absolute atomic E-state index is 0.114. The van der Waals surface area contributed by atoms with Crippen LogP contribution >= 0.6 is 0 Å². The molecule has 6 aliphatic rings. The first-order valence-electron chi connectivity index (χ1n) is 13.9. The van der Waals surface area contributed by atoms with E-state index in [4.69, 9.17) is 9.57 Å². The molecule has 192 valence electrons. The molecule has 3 unspecified atom stereocenters. The van der Waals surface area contributed by atoms with Gasteiger partial charge in [0.2, 0.25) is 6.10 Å². The van der Waals surface area contributed by atoms with Gasteiger partial charge in [-0.2, -0.15) is 0 Å². The Morgan fingerprint density at radius 1 is 1.11 bits per heavy atom. The van der Waals surface area contributed by atoms with E-state index in [1.165, 1.54) is 24.8 Å². The SMILES string of the molecule is CCOC(=O)N1C2CCC1CC(N1CCC3(CC1)CN(C(=O)C1CC=NO1)CC1=C3CCCC1)C2. The summed E-state index contributed by atoms with van der Waals surface area (Å²) >= 11 is 0. The quantitative estimate of drug-likeness (QED) is 0.571. The topological polar surface area (TPSA) is 74.7 Å². The number of piperidine rings is 2. The third-order valence-electron chi connectivity index (χ3n) is 9.73. The smallest absolute Gasteiger partial charge is 0.410 e. The molecule has 3 saturated heterocycles. The zero-order chi connectivity index (χ0) is 24.0. The van der Waals surface area contributed by atoms with Gasteiger partial charge in [-0.1, -0.05) is 16.3 Å². The molecule has 5 aliphatic heterocycles. The molecule has 8 nitrogen and oxygen atoms in total. The highest BCUT2D eigenvalue weighted by molar-refractivity contribution is 5.85. The molecule has 8 heteroatoms. The maximum atomic E-state index is 13.3. The number of likely N-dealkylation sites (tertiary alicyclic amines) is 1. The van der Waals surface area contributed by atoms with Gasteiger partial charge in [0.25, 0.3) is 5.91 Å². The van der Waals surface area contributed by atoms with Gasteiger partial charge in [-0.15, -0.1) is 0 Å². The fourth-order valence-corrected chi connectivity index (χ4v) is 8.05. The summed E-state index contributed by atoms with van der Waals surface area (Å²) < 4.78 is 5.35. The number of hydrogen-bond acceptors (Lipinski definition) is 6. The summed E-state index contributed by atoms with van der Waals surface area (Å²) in [6.07, 6.45) is 13.3. The summed E-state index contributed by atoms with van der Waals surface area (Å²) in [5.74, 6) is 0.115. The lowest BCUT2D eigenvalue weighted by atomic mass is 9.64. The van der Waals surface area contributed by atoms with Crippen LogP contribution in [-0.2, 0) is 14.4 Å². The number of rotatable bonds is 3. The van der Waals surface area contributed by atoms with Gasteiger partial charge < -0.3 is 24.3 Å². The van der Waals surface area contributed by atoms with Crippen LogP contribution < -0.4 is 0 Å². The first kappa shape index (κ1) is 23.3. The molecule has 5 heterocycles. The third-order valence-corrected chi connectivity index (χ3v) is 9.73. The normalized spacial score (nSPS) is 34.2. The summed E-state index contributed by atoms with van der Waals surface area (Å²) in [5, 5.41) is 3.85. The summed E-state index contributed by atoms with van der Waals surface area (Å²) in [6.45, 7) is 6.14. The van der Waals surface area contributed by atoms with Crippen LogP contribution in [0.2, 0.25) is 0 Å². The van der Waals surface area contributed by atoms with Gasteiger partial charge >= 0.3 is 6.09 Å². The molecule has 1 aliphatic carbocycles. The second-order valence-corrected chi connectivity index (χ2v) is 11.5. The average Bonchev–Trinajstić information content (AvgIpc) is 3.50. The Morgan fingerprint density at radius 2 is 1.86 bits per heavy atom.